The van der Waals surface area contributed by atoms with Gasteiger partial charge in [-0.3, -0.25) is 4.90 Å². The Morgan fingerprint density at radius 2 is 1.96 bits per heavy atom. The number of hydrogen-bond donors (Lipinski definition) is 3. The van der Waals surface area contributed by atoms with Crippen molar-refractivity contribution in [3.63, 3.8) is 0 Å². The fourth-order valence-corrected chi connectivity index (χ4v) is 3.51. The minimum atomic E-state index is -0.802. The molecule has 26 heavy (non-hydrogen) atoms. The van der Waals surface area contributed by atoms with Crippen LogP contribution in [0.15, 0.2) is 30.5 Å². The van der Waals surface area contributed by atoms with Crippen LogP contribution < -0.4 is 10.5 Å². The van der Waals surface area contributed by atoms with Crippen LogP contribution >= 0.6 is 0 Å². The van der Waals surface area contributed by atoms with Gasteiger partial charge in [-0.15, -0.1) is 0 Å². The molecule has 136 valence electrons. The molecule has 0 amide bonds. The van der Waals surface area contributed by atoms with Gasteiger partial charge in [-0.05, 0) is 37.1 Å². The molecule has 7 heteroatoms. The van der Waals surface area contributed by atoms with E-state index in [-0.39, 0.29) is 6.01 Å². The summed E-state index contributed by atoms with van der Waals surface area (Å²) in [6.45, 7) is 3.30. The summed E-state index contributed by atoms with van der Waals surface area (Å²) in [6, 6.07) is 8.28. The number of nitrogens with two attached hydrogens (primary N) is 1. The number of fused-ring (bicyclic) bond motifs is 1. The number of nitrogens with zero attached hydrogens (tertiary/aromatic N) is 3. The fourth-order valence-electron chi connectivity index (χ4n) is 3.51. The average molecular weight is 353 g/mol. The van der Waals surface area contributed by atoms with Crippen LogP contribution in [0.25, 0.3) is 11.0 Å². The van der Waals surface area contributed by atoms with E-state index < -0.39 is 6.10 Å². The van der Waals surface area contributed by atoms with Crippen molar-refractivity contribution in [2.75, 3.05) is 25.9 Å². The zero-order valence-corrected chi connectivity index (χ0v) is 14.8. The molecule has 7 nitrogen and oxygen atoms in total. The molecule has 2 aromatic heterocycles. The third kappa shape index (κ3) is 3.11. The predicted molar refractivity (Wildman–Crippen MR) is 99.9 cm³/mol. The van der Waals surface area contributed by atoms with E-state index in [2.05, 4.69) is 32.0 Å². The minimum Gasteiger partial charge on any atom is -0.467 e. The van der Waals surface area contributed by atoms with Crippen molar-refractivity contribution in [2.45, 2.75) is 25.5 Å². The second-order valence-corrected chi connectivity index (χ2v) is 6.69. The third-order valence-electron chi connectivity index (χ3n) is 4.94. The quantitative estimate of drug-likeness (QED) is 0.650. The first-order valence-electron chi connectivity index (χ1n) is 8.83. The number of H-pyrrole nitrogens is 1. The van der Waals surface area contributed by atoms with Gasteiger partial charge in [0.15, 0.2) is 5.82 Å². The van der Waals surface area contributed by atoms with Crippen molar-refractivity contribution in [1.82, 2.24) is 19.9 Å². The first-order valence-corrected chi connectivity index (χ1v) is 8.83. The maximum absolute atomic E-state index is 10.8. The molecule has 1 aliphatic rings. The molecule has 0 saturated carbocycles. The van der Waals surface area contributed by atoms with Gasteiger partial charge in [-0.25, -0.2) is 0 Å². The number of nitrogens with one attached hydrogen (secondary N) is 1. The molecule has 1 aliphatic heterocycles. The van der Waals surface area contributed by atoms with Crippen molar-refractivity contribution >= 4 is 16.9 Å². The number of methoxy groups -OCH3 is 1. The zero-order valence-electron chi connectivity index (χ0n) is 14.8. The van der Waals surface area contributed by atoms with Crippen LogP contribution in [-0.4, -0.2) is 45.2 Å². The van der Waals surface area contributed by atoms with Gasteiger partial charge in [0, 0.05) is 18.3 Å². The van der Waals surface area contributed by atoms with Gasteiger partial charge in [0.1, 0.15) is 17.1 Å². The smallest absolute Gasteiger partial charge is 0.318 e. The maximum Gasteiger partial charge on any atom is 0.318 e. The predicted octanol–water partition coefficient (Wildman–Crippen LogP) is 2.23. The summed E-state index contributed by atoms with van der Waals surface area (Å²) >= 11 is 0. The van der Waals surface area contributed by atoms with Gasteiger partial charge in [-0.1, -0.05) is 24.3 Å². The molecule has 0 radical (unpaired) electrons. The Kier molecular flexibility index (Phi) is 4.48. The molecular weight excluding hydrogens is 330 g/mol. The summed E-state index contributed by atoms with van der Waals surface area (Å²) < 4.78 is 5.09. The van der Waals surface area contributed by atoms with E-state index in [9.17, 15) is 5.11 Å². The van der Waals surface area contributed by atoms with E-state index >= 15 is 0 Å². The molecular formula is C19H23N5O2. The number of hydrogen-bond acceptors (Lipinski definition) is 6. The highest BCUT2D eigenvalue weighted by Gasteiger charge is 2.19. The molecule has 1 atom stereocenters. The summed E-state index contributed by atoms with van der Waals surface area (Å²) in [5, 5.41) is 10.8. The lowest BCUT2D eigenvalue weighted by molar-refractivity contribution is 0.221. The van der Waals surface area contributed by atoms with Crippen molar-refractivity contribution in [3.8, 4) is 6.01 Å². The van der Waals surface area contributed by atoms with Crippen LogP contribution in [0.4, 0.5) is 5.82 Å². The van der Waals surface area contributed by atoms with Crippen molar-refractivity contribution in [3.05, 3.63) is 47.2 Å². The van der Waals surface area contributed by atoms with Crippen LogP contribution in [0.1, 0.15) is 35.6 Å². The van der Waals surface area contributed by atoms with Gasteiger partial charge in [-0.2, -0.15) is 9.97 Å². The minimum absolute atomic E-state index is 0.184. The second kappa shape index (κ2) is 6.93. The lowest BCUT2D eigenvalue weighted by atomic mass is 10.0. The lowest BCUT2D eigenvalue weighted by Crippen LogP contribution is -2.18. The molecule has 0 spiro atoms. The number of rotatable bonds is 5. The Bertz CT molecular complexity index is 900. The molecule has 4 N–H and O–H groups in total. The topological polar surface area (TPSA) is 100 Å². The Labute approximate surface area is 151 Å². The summed E-state index contributed by atoms with van der Waals surface area (Å²) in [5.41, 5.74) is 9.83. The van der Waals surface area contributed by atoms with Gasteiger partial charge >= 0.3 is 6.01 Å². The third-order valence-corrected chi connectivity index (χ3v) is 4.94. The number of benzene rings is 1. The molecule has 1 unspecified atom stereocenters. The van der Waals surface area contributed by atoms with E-state index in [0.29, 0.717) is 22.4 Å². The highest BCUT2D eigenvalue weighted by molar-refractivity contribution is 5.88. The first-order chi connectivity index (χ1) is 12.7. The van der Waals surface area contributed by atoms with Crippen LogP contribution in [0.2, 0.25) is 0 Å². The van der Waals surface area contributed by atoms with Crippen LogP contribution in [0.3, 0.4) is 0 Å². The molecule has 3 aromatic rings. The zero-order chi connectivity index (χ0) is 18.1. The van der Waals surface area contributed by atoms with Gasteiger partial charge < -0.3 is 20.6 Å². The number of anilines is 1. The molecule has 1 saturated heterocycles. The molecule has 1 fully saturated rings. The lowest BCUT2D eigenvalue weighted by Gasteiger charge is -2.15. The van der Waals surface area contributed by atoms with Crippen LogP contribution in [0, 0.1) is 0 Å². The number of aromatic nitrogens is 3. The molecule has 1 aromatic carbocycles. The monoisotopic (exact) mass is 353 g/mol. The standard InChI is InChI=1S/C19H23N5O2/c1-26-19-22-15-14(10-21-16(15)18(20)23-19)17(25)13-6-4-12(5-7-13)11-24-8-2-3-9-24/h4-7,10,17,21,25H,2-3,8-9,11H2,1H3,(H2,20,22,23). The normalized spacial score (nSPS) is 16.2. The number of nitrogen functional groups attached to an aromatic ring is 1. The summed E-state index contributed by atoms with van der Waals surface area (Å²) in [4.78, 5) is 13.9. The largest absolute Gasteiger partial charge is 0.467 e. The Morgan fingerprint density at radius 3 is 2.65 bits per heavy atom. The van der Waals surface area contributed by atoms with E-state index in [0.717, 1.165) is 12.1 Å². The van der Waals surface area contributed by atoms with E-state index in [1.165, 1.54) is 38.6 Å². The molecule has 0 bridgehead atoms. The number of aliphatic hydroxyl groups is 1. The summed E-state index contributed by atoms with van der Waals surface area (Å²) in [7, 11) is 1.49. The highest BCUT2D eigenvalue weighted by Crippen LogP contribution is 2.31. The number of ether oxygens (including phenoxy) is 1. The Morgan fingerprint density at radius 1 is 1.23 bits per heavy atom. The van der Waals surface area contributed by atoms with E-state index in [4.69, 9.17) is 10.5 Å². The van der Waals surface area contributed by atoms with Crippen molar-refractivity contribution < 1.29 is 9.84 Å². The maximum atomic E-state index is 10.8. The van der Waals surface area contributed by atoms with Crippen molar-refractivity contribution in [1.29, 1.82) is 0 Å². The fraction of sp³-hybridized carbons (Fsp3) is 0.368. The number of aliphatic hydroxyl groups excluding tert-OH is 1. The van der Waals surface area contributed by atoms with Crippen LogP contribution in [0.5, 0.6) is 6.01 Å². The first kappa shape index (κ1) is 16.8. The van der Waals surface area contributed by atoms with Gasteiger partial charge in [0.05, 0.1) is 7.11 Å². The Balaban J connectivity index is 1.60. The number of aromatic amines is 1. The highest BCUT2D eigenvalue weighted by atomic mass is 16.5. The molecule has 0 aliphatic carbocycles. The molecule has 3 heterocycles. The second-order valence-electron chi connectivity index (χ2n) is 6.69. The van der Waals surface area contributed by atoms with E-state index in [1.54, 1.807) is 6.20 Å². The van der Waals surface area contributed by atoms with Crippen LogP contribution in [-0.2, 0) is 6.54 Å². The van der Waals surface area contributed by atoms with E-state index in [1.807, 2.05) is 12.1 Å². The summed E-state index contributed by atoms with van der Waals surface area (Å²) in [5.74, 6) is 0.297. The van der Waals surface area contributed by atoms with Gasteiger partial charge in [0.2, 0.25) is 0 Å². The van der Waals surface area contributed by atoms with Gasteiger partial charge in [0.25, 0.3) is 0 Å². The Hall–Kier alpha value is -2.64. The molecule has 4 rings (SSSR count). The average Bonchev–Trinajstić information content (AvgIpc) is 3.31. The SMILES string of the molecule is COc1nc(N)c2[nH]cc(C(O)c3ccc(CN4CCCC4)cc3)c2n1. The van der Waals surface area contributed by atoms with Crippen molar-refractivity contribution in [2.24, 2.45) is 0 Å². The number of likely N-dealkylation sites (tertiary alicyclic amines) is 1. The summed E-state index contributed by atoms with van der Waals surface area (Å²) in [6.07, 6.45) is 3.49.